The van der Waals surface area contributed by atoms with E-state index in [2.05, 4.69) is 36.1 Å². The van der Waals surface area contributed by atoms with Crippen LogP contribution in [0.5, 0.6) is 0 Å². The van der Waals surface area contributed by atoms with Gasteiger partial charge in [-0.15, -0.1) is 12.1 Å². The van der Waals surface area contributed by atoms with Crippen molar-refractivity contribution in [2.24, 2.45) is 0 Å². The van der Waals surface area contributed by atoms with Crippen LogP contribution in [0.25, 0.3) is 0 Å². The number of fused-ring (bicyclic) bond motifs is 1. The fourth-order valence-corrected chi connectivity index (χ4v) is 1.18. The van der Waals surface area contributed by atoms with Gasteiger partial charge in [0.25, 0.3) is 0 Å². The number of benzene rings is 1. The van der Waals surface area contributed by atoms with Crippen molar-refractivity contribution in [3.63, 3.8) is 0 Å². The first-order valence-electron chi connectivity index (χ1n) is 3.46. The van der Waals surface area contributed by atoms with Crippen LogP contribution in [0.2, 0.25) is 0 Å². The third kappa shape index (κ3) is 2.62. The van der Waals surface area contributed by atoms with Gasteiger partial charge >= 0.3 is 0 Å². The Labute approximate surface area is 97.1 Å². The second-order valence-corrected chi connectivity index (χ2v) is 2.42. The van der Waals surface area contributed by atoms with E-state index in [1.54, 1.807) is 0 Å². The first-order valence-corrected chi connectivity index (χ1v) is 3.46. The van der Waals surface area contributed by atoms with E-state index < -0.39 is 0 Å². The Bertz CT molecular complexity index is 213. The van der Waals surface area contributed by atoms with Crippen molar-refractivity contribution in [1.82, 2.24) is 5.32 Å². The van der Waals surface area contributed by atoms with Crippen molar-refractivity contribution in [3.8, 4) is 0 Å². The molecule has 3 heteroatoms. The summed E-state index contributed by atoms with van der Waals surface area (Å²) in [5, 5.41) is 3.09. The average molecular weight is 233 g/mol. The van der Waals surface area contributed by atoms with Crippen molar-refractivity contribution < 1.29 is 37.1 Å². The fourth-order valence-electron chi connectivity index (χ4n) is 1.18. The molecular formula is C9H9NV2-2. The van der Waals surface area contributed by atoms with Crippen LogP contribution < -0.4 is 5.32 Å². The van der Waals surface area contributed by atoms with Gasteiger partial charge in [0.2, 0.25) is 0 Å². The molecule has 0 fully saturated rings. The molecule has 0 spiro atoms. The minimum Gasteiger partial charge on any atom is -0.502 e. The predicted molar refractivity (Wildman–Crippen MR) is 41.0 cm³/mol. The van der Waals surface area contributed by atoms with E-state index in [4.69, 9.17) is 0 Å². The third-order valence-electron chi connectivity index (χ3n) is 1.73. The smallest absolute Gasteiger partial charge is 0 e. The summed E-state index contributed by atoms with van der Waals surface area (Å²) in [5.41, 5.74) is 2.71. The Morgan fingerprint density at radius 3 is 2.67 bits per heavy atom. The third-order valence-corrected chi connectivity index (χ3v) is 1.73. The van der Waals surface area contributed by atoms with E-state index in [9.17, 15) is 0 Å². The zero-order valence-electron chi connectivity index (χ0n) is 6.57. The largest absolute Gasteiger partial charge is 0.502 e. The Morgan fingerprint density at radius 2 is 1.92 bits per heavy atom. The van der Waals surface area contributed by atoms with Gasteiger partial charge in [-0.2, -0.15) is 30.2 Å². The zero-order chi connectivity index (χ0) is 6.81. The quantitative estimate of drug-likeness (QED) is 0.669. The van der Waals surface area contributed by atoms with Gasteiger partial charge in [-0.3, -0.25) is 6.54 Å². The second-order valence-electron chi connectivity index (χ2n) is 2.42. The Morgan fingerprint density at radius 1 is 1.17 bits per heavy atom. The minimum atomic E-state index is 0. The molecule has 1 aliphatic rings. The first kappa shape index (κ1) is 12.2. The molecule has 0 aromatic heterocycles. The summed E-state index contributed by atoms with van der Waals surface area (Å²) in [6, 6.07) is 8.41. The SMILES string of the molecule is [V].[V].c1ccc2c(c1)[CH-]N[CH-]C2. The van der Waals surface area contributed by atoms with Gasteiger partial charge in [-0.1, -0.05) is 6.07 Å². The number of hydrogen-bond acceptors (Lipinski definition) is 1. The van der Waals surface area contributed by atoms with Gasteiger partial charge in [-0.25, -0.2) is 0 Å². The molecule has 1 heterocycles. The molecule has 2 rings (SSSR count). The van der Waals surface area contributed by atoms with Gasteiger partial charge in [0.1, 0.15) is 0 Å². The van der Waals surface area contributed by atoms with Gasteiger partial charge in [0.05, 0.1) is 0 Å². The summed E-state index contributed by atoms with van der Waals surface area (Å²) in [7, 11) is 0. The normalized spacial score (nSPS) is 13.0. The number of nitrogens with one attached hydrogen (secondary N) is 1. The van der Waals surface area contributed by atoms with Crippen LogP contribution in [0.15, 0.2) is 24.3 Å². The Hall–Kier alpha value is 0.219. The molecule has 1 aromatic carbocycles. The summed E-state index contributed by atoms with van der Waals surface area (Å²) >= 11 is 0. The molecule has 2 radical (unpaired) electrons. The van der Waals surface area contributed by atoms with Crippen LogP contribution in [-0.2, 0) is 43.5 Å². The summed E-state index contributed by atoms with van der Waals surface area (Å²) in [6.07, 6.45) is 1.03. The fraction of sp³-hybridized carbons (Fsp3) is 0.111. The van der Waals surface area contributed by atoms with Gasteiger partial charge in [0, 0.05) is 37.1 Å². The average Bonchev–Trinajstić information content (AvgIpc) is 2.05. The van der Waals surface area contributed by atoms with Gasteiger partial charge < -0.3 is 5.32 Å². The number of rotatable bonds is 0. The predicted octanol–water partition coefficient (Wildman–Crippen LogP) is 1.50. The Kier molecular flexibility index (Phi) is 5.90. The van der Waals surface area contributed by atoms with Crippen molar-refractivity contribution >= 4 is 0 Å². The van der Waals surface area contributed by atoms with Crippen LogP contribution in [0.1, 0.15) is 11.1 Å². The summed E-state index contributed by atoms with van der Waals surface area (Å²) in [5.74, 6) is 0. The molecule has 1 nitrogen and oxygen atoms in total. The van der Waals surface area contributed by atoms with Crippen LogP contribution in [-0.4, -0.2) is 0 Å². The maximum absolute atomic E-state index is 3.09. The van der Waals surface area contributed by atoms with Gasteiger partial charge in [-0.05, 0) is 0 Å². The van der Waals surface area contributed by atoms with Crippen molar-refractivity contribution in [1.29, 1.82) is 0 Å². The molecule has 0 saturated heterocycles. The number of hydrogen-bond donors (Lipinski definition) is 1. The maximum Gasteiger partial charge on any atom is 0 e. The van der Waals surface area contributed by atoms with Crippen molar-refractivity contribution in [3.05, 3.63) is 48.5 Å². The van der Waals surface area contributed by atoms with E-state index in [-0.39, 0.29) is 37.1 Å². The standard InChI is InChI=1S/C9H9N.2V/c1-2-4-9-7-10-6-5-8(9)3-1;;/h1-4,6-7,10H,5H2;;/q-2;;. The summed E-state index contributed by atoms with van der Waals surface area (Å²) < 4.78 is 0. The molecule has 0 bridgehead atoms. The van der Waals surface area contributed by atoms with Crippen LogP contribution >= 0.6 is 0 Å². The van der Waals surface area contributed by atoms with E-state index in [1.807, 2.05) is 6.54 Å². The Balaban J connectivity index is 0.000000605. The van der Waals surface area contributed by atoms with Crippen molar-refractivity contribution in [2.45, 2.75) is 6.42 Å². The molecule has 1 aliphatic heterocycles. The van der Waals surface area contributed by atoms with Crippen LogP contribution in [0.3, 0.4) is 0 Å². The molecule has 0 unspecified atom stereocenters. The van der Waals surface area contributed by atoms with Gasteiger partial charge in [0.15, 0.2) is 0 Å². The molecule has 0 atom stereocenters. The molecule has 12 heavy (non-hydrogen) atoms. The summed E-state index contributed by atoms with van der Waals surface area (Å²) in [4.78, 5) is 0. The maximum atomic E-state index is 3.09. The minimum absolute atomic E-state index is 0. The summed E-state index contributed by atoms with van der Waals surface area (Å²) in [6.45, 7) is 4.08. The van der Waals surface area contributed by atoms with Crippen LogP contribution in [0.4, 0.5) is 0 Å². The molecule has 0 saturated carbocycles. The topological polar surface area (TPSA) is 12.0 Å². The zero-order valence-corrected chi connectivity index (χ0v) is 9.36. The second kappa shape index (κ2) is 5.79. The molecule has 62 valence electrons. The van der Waals surface area contributed by atoms with E-state index in [0.717, 1.165) is 6.42 Å². The molecule has 0 aliphatic carbocycles. The van der Waals surface area contributed by atoms with Crippen LogP contribution in [0, 0.1) is 13.1 Å². The monoisotopic (exact) mass is 233 g/mol. The molecule has 0 amide bonds. The van der Waals surface area contributed by atoms with E-state index in [0.29, 0.717) is 0 Å². The molecule has 1 aromatic rings. The van der Waals surface area contributed by atoms with Crippen molar-refractivity contribution in [2.75, 3.05) is 0 Å². The molecule has 1 N–H and O–H groups in total. The first-order chi connectivity index (χ1) is 4.97. The van der Waals surface area contributed by atoms with E-state index in [1.165, 1.54) is 11.1 Å². The molecular weight excluding hydrogens is 224 g/mol. The van der Waals surface area contributed by atoms with E-state index >= 15 is 0 Å².